The highest BCUT2D eigenvalue weighted by Gasteiger charge is 2.34. The van der Waals surface area contributed by atoms with Gasteiger partial charge in [-0.3, -0.25) is 4.98 Å². The van der Waals surface area contributed by atoms with E-state index in [9.17, 15) is 13.2 Å². The zero-order valence-corrected chi connectivity index (χ0v) is 11.5. The van der Waals surface area contributed by atoms with Crippen LogP contribution in [0.5, 0.6) is 0 Å². The molecule has 0 saturated heterocycles. The molecule has 0 N–H and O–H groups in total. The van der Waals surface area contributed by atoms with Crippen molar-refractivity contribution < 1.29 is 13.2 Å². The maximum atomic E-state index is 12.9. The summed E-state index contributed by atoms with van der Waals surface area (Å²) in [6, 6.07) is 2.39. The summed E-state index contributed by atoms with van der Waals surface area (Å²) in [7, 11) is 0. The number of alkyl halides is 3. The van der Waals surface area contributed by atoms with Gasteiger partial charge in [0.1, 0.15) is 10.4 Å². The minimum absolute atomic E-state index is 0.0483. The zero-order valence-electron chi connectivity index (χ0n) is 9.87. The monoisotopic (exact) mass is 331 g/mol. The lowest BCUT2D eigenvalue weighted by Gasteiger charge is -2.12. The van der Waals surface area contributed by atoms with Crippen molar-refractivity contribution >= 4 is 15.9 Å². The first-order chi connectivity index (χ1) is 8.91. The Hall–Kier alpha value is -1.50. The minimum Gasteiger partial charge on any atom is -0.264 e. The number of halogens is 4. The molecule has 0 aliphatic heterocycles. The Morgan fingerprint density at radius 3 is 2.63 bits per heavy atom. The molecule has 0 spiro atoms. The molecule has 0 bridgehead atoms. The van der Waals surface area contributed by atoms with Gasteiger partial charge in [-0.25, -0.2) is 9.97 Å². The summed E-state index contributed by atoms with van der Waals surface area (Å²) in [6.45, 7) is 1.83. The fourth-order valence-electron chi connectivity index (χ4n) is 1.61. The molecule has 0 unspecified atom stereocenters. The predicted molar refractivity (Wildman–Crippen MR) is 67.3 cm³/mol. The van der Waals surface area contributed by atoms with E-state index in [0.717, 1.165) is 18.5 Å². The van der Waals surface area contributed by atoms with Crippen molar-refractivity contribution in [1.29, 1.82) is 0 Å². The molecule has 0 radical (unpaired) electrons. The van der Waals surface area contributed by atoms with E-state index < -0.39 is 11.7 Å². The first-order valence-electron chi connectivity index (χ1n) is 5.47. The number of hydrogen-bond acceptors (Lipinski definition) is 3. The third-order valence-electron chi connectivity index (χ3n) is 2.46. The van der Waals surface area contributed by atoms with Crippen molar-refractivity contribution in [3.05, 3.63) is 40.5 Å². The normalized spacial score (nSPS) is 11.6. The lowest BCUT2D eigenvalue weighted by Crippen LogP contribution is -2.08. The molecule has 0 amide bonds. The fourth-order valence-corrected chi connectivity index (χ4v) is 2.03. The molecule has 7 heteroatoms. The third-order valence-corrected chi connectivity index (χ3v) is 2.87. The molecule has 0 aromatic carbocycles. The van der Waals surface area contributed by atoms with Crippen molar-refractivity contribution in [2.75, 3.05) is 0 Å². The lowest BCUT2D eigenvalue weighted by molar-refractivity contribution is -0.137. The van der Waals surface area contributed by atoms with Gasteiger partial charge in [0.25, 0.3) is 0 Å². The third kappa shape index (κ3) is 3.09. The standard InChI is InChI=1S/C12H9BrF3N3/c1-2-11-18-9(5-10(13)19-11)7-6-17-4-3-8(7)12(14,15)16/h3-6H,2H2,1H3. The average Bonchev–Trinajstić information content (AvgIpc) is 2.37. The van der Waals surface area contributed by atoms with E-state index >= 15 is 0 Å². The van der Waals surface area contributed by atoms with Crippen LogP contribution in [0.1, 0.15) is 18.3 Å². The van der Waals surface area contributed by atoms with Crippen LogP contribution >= 0.6 is 15.9 Å². The highest BCUT2D eigenvalue weighted by molar-refractivity contribution is 9.10. The van der Waals surface area contributed by atoms with E-state index in [1.54, 1.807) is 0 Å². The molecule has 2 rings (SSSR count). The largest absolute Gasteiger partial charge is 0.417 e. The average molecular weight is 332 g/mol. The van der Waals surface area contributed by atoms with Crippen LogP contribution in [0.25, 0.3) is 11.3 Å². The molecule has 2 aromatic rings. The molecule has 100 valence electrons. The summed E-state index contributed by atoms with van der Waals surface area (Å²) >= 11 is 3.17. The van der Waals surface area contributed by atoms with Crippen LogP contribution in [-0.4, -0.2) is 15.0 Å². The van der Waals surface area contributed by atoms with Gasteiger partial charge in [-0.2, -0.15) is 13.2 Å². The summed E-state index contributed by atoms with van der Waals surface area (Å²) in [5.41, 5.74) is -0.595. The number of pyridine rings is 1. The van der Waals surface area contributed by atoms with Gasteiger partial charge in [-0.05, 0) is 28.1 Å². The fraction of sp³-hybridized carbons (Fsp3) is 0.250. The highest BCUT2D eigenvalue weighted by atomic mass is 79.9. The van der Waals surface area contributed by atoms with Crippen LogP contribution in [0.15, 0.2) is 29.1 Å². The Balaban J connectivity index is 2.62. The lowest BCUT2D eigenvalue weighted by atomic mass is 10.1. The Kier molecular flexibility index (Phi) is 3.84. The summed E-state index contributed by atoms with van der Waals surface area (Å²) in [5, 5.41) is 0. The van der Waals surface area contributed by atoms with E-state index in [-0.39, 0.29) is 11.3 Å². The second kappa shape index (κ2) is 5.24. The van der Waals surface area contributed by atoms with Crippen LogP contribution in [0, 0.1) is 0 Å². The summed E-state index contributed by atoms with van der Waals surface area (Å²) in [4.78, 5) is 11.9. The topological polar surface area (TPSA) is 38.7 Å². The Bertz CT molecular complexity index is 599. The maximum absolute atomic E-state index is 12.9. The van der Waals surface area contributed by atoms with Crippen molar-refractivity contribution in [3.63, 3.8) is 0 Å². The van der Waals surface area contributed by atoms with Gasteiger partial charge in [0.05, 0.1) is 11.3 Å². The predicted octanol–water partition coefficient (Wildman–Crippen LogP) is 3.88. The molecule has 3 nitrogen and oxygen atoms in total. The van der Waals surface area contributed by atoms with Gasteiger partial charge in [-0.15, -0.1) is 0 Å². The molecule has 2 aromatic heterocycles. The van der Waals surface area contributed by atoms with E-state index in [0.29, 0.717) is 16.8 Å². The summed E-state index contributed by atoms with van der Waals surface area (Å²) < 4.78 is 39.3. The van der Waals surface area contributed by atoms with E-state index in [1.807, 2.05) is 6.92 Å². The van der Waals surface area contributed by atoms with Crippen molar-refractivity contribution in [2.24, 2.45) is 0 Å². The van der Waals surface area contributed by atoms with E-state index in [2.05, 4.69) is 30.9 Å². The SMILES string of the molecule is CCc1nc(Br)cc(-c2cnccc2C(F)(F)F)n1. The first-order valence-corrected chi connectivity index (χ1v) is 6.26. The molecular weight excluding hydrogens is 323 g/mol. The van der Waals surface area contributed by atoms with Crippen molar-refractivity contribution in [3.8, 4) is 11.3 Å². The number of hydrogen-bond donors (Lipinski definition) is 0. The number of aryl methyl sites for hydroxylation is 1. The van der Waals surface area contributed by atoms with Gasteiger partial charge < -0.3 is 0 Å². The first kappa shape index (κ1) is 13.9. The second-order valence-electron chi connectivity index (χ2n) is 3.76. The van der Waals surface area contributed by atoms with Crippen molar-refractivity contribution in [2.45, 2.75) is 19.5 Å². The molecule has 0 fully saturated rings. The van der Waals surface area contributed by atoms with Gasteiger partial charge in [0.15, 0.2) is 0 Å². The van der Waals surface area contributed by atoms with Gasteiger partial charge in [0, 0.05) is 24.4 Å². The van der Waals surface area contributed by atoms with Gasteiger partial charge >= 0.3 is 6.18 Å². The highest BCUT2D eigenvalue weighted by Crippen LogP contribution is 2.36. The second-order valence-corrected chi connectivity index (χ2v) is 4.58. The van der Waals surface area contributed by atoms with E-state index in [4.69, 9.17) is 0 Å². The van der Waals surface area contributed by atoms with Crippen molar-refractivity contribution in [1.82, 2.24) is 15.0 Å². The Labute approximate surface area is 116 Å². The molecule has 0 aliphatic carbocycles. The smallest absolute Gasteiger partial charge is 0.264 e. The minimum atomic E-state index is -4.44. The maximum Gasteiger partial charge on any atom is 0.417 e. The summed E-state index contributed by atoms with van der Waals surface area (Å²) in [5.74, 6) is 0.473. The molecule has 0 aliphatic rings. The number of nitrogens with zero attached hydrogens (tertiary/aromatic N) is 3. The van der Waals surface area contributed by atoms with Crippen LogP contribution in [-0.2, 0) is 12.6 Å². The van der Waals surface area contributed by atoms with Crippen LogP contribution in [0.4, 0.5) is 13.2 Å². The quantitative estimate of drug-likeness (QED) is 0.784. The van der Waals surface area contributed by atoms with Gasteiger partial charge in [0.2, 0.25) is 0 Å². The Morgan fingerprint density at radius 1 is 1.26 bits per heavy atom. The zero-order chi connectivity index (χ0) is 14.0. The molecule has 0 atom stereocenters. The molecule has 19 heavy (non-hydrogen) atoms. The number of rotatable bonds is 2. The van der Waals surface area contributed by atoms with Gasteiger partial charge in [-0.1, -0.05) is 6.92 Å². The molecule has 2 heterocycles. The van der Waals surface area contributed by atoms with E-state index in [1.165, 1.54) is 6.07 Å². The molecular formula is C12H9BrF3N3. The summed E-state index contributed by atoms with van der Waals surface area (Å²) in [6.07, 6.45) is -1.63. The Morgan fingerprint density at radius 2 is 2.00 bits per heavy atom. The van der Waals surface area contributed by atoms with Crippen LogP contribution in [0.3, 0.4) is 0 Å². The van der Waals surface area contributed by atoms with Crippen LogP contribution < -0.4 is 0 Å². The molecule has 0 saturated carbocycles. The van der Waals surface area contributed by atoms with Crippen LogP contribution in [0.2, 0.25) is 0 Å². The number of aromatic nitrogens is 3.